The summed E-state index contributed by atoms with van der Waals surface area (Å²) in [5.41, 5.74) is 3.42. The predicted molar refractivity (Wildman–Crippen MR) is 123 cm³/mol. The number of rotatable bonds is 7. The molecule has 0 saturated carbocycles. The SMILES string of the molecule is CN=C(NCc1ccc(COc2ccccc2)cc1)NCc1ccnn1C.I. The van der Waals surface area contributed by atoms with Crippen molar-refractivity contribution in [2.24, 2.45) is 12.0 Å². The van der Waals surface area contributed by atoms with Gasteiger partial charge in [-0.3, -0.25) is 9.67 Å². The van der Waals surface area contributed by atoms with E-state index in [0.717, 1.165) is 23.0 Å². The van der Waals surface area contributed by atoms with Crippen LogP contribution >= 0.6 is 24.0 Å². The number of halogens is 1. The molecular weight excluding hydrogens is 465 g/mol. The second-order valence-corrected chi connectivity index (χ2v) is 6.14. The van der Waals surface area contributed by atoms with Crippen LogP contribution in [0.2, 0.25) is 0 Å². The largest absolute Gasteiger partial charge is 0.489 e. The summed E-state index contributed by atoms with van der Waals surface area (Å²) in [4.78, 5) is 4.26. The number of aromatic nitrogens is 2. The smallest absolute Gasteiger partial charge is 0.191 e. The number of para-hydroxylation sites is 1. The van der Waals surface area contributed by atoms with Gasteiger partial charge < -0.3 is 15.4 Å². The number of aliphatic imine (C=N–C) groups is 1. The van der Waals surface area contributed by atoms with Gasteiger partial charge in [0.2, 0.25) is 0 Å². The minimum absolute atomic E-state index is 0. The van der Waals surface area contributed by atoms with Crippen LogP contribution in [0, 0.1) is 0 Å². The Bertz CT molecular complexity index is 862. The van der Waals surface area contributed by atoms with E-state index in [2.05, 4.69) is 45.0 Å². The summed E-state index contributed by atoms with van der Waals surface area (Å²) in [6, 6.07) is 20.2. The molecule has 1 aromatic heterocycles. The zero-order valence-corrected chi connectivity index (χ0v) is 18.5. The summed E-state index contributed by atoms with van der Waals surface area (Å²) in [6.07, 6.45) is 1.79. The zero-order valence-electron chi connectivity index (χ0n) is 16.1. The highest BCUT2D eigenvalue weighted by atomic mass is 127. The number of benzene rings is 2. The van der Waals surface area contributed by atoms with Gasteiger partial charge in [0.15, 0.2) is 5.96 Å². The molecule has 28 heavy (non-hydrogen) atoms. The van der Waals surface area contributed by atoms with E-state index in [1.165, 1.54) is 5.56 Å². The zero-order chi connectivity index (χ0) is 18.9. The van der Waals surface area contributed by atoms with Gasteiger partial charge >= 0.3 is 0 Å². The van der Waals surface area contributed by atoms with Crippen LogP contribution in [0.25, 0.3) is 0 Å². The lowest BCUT2D eigenvalue weighted by Gasteiger charge is -2.12. The summed E-state index contributed by atoms with van der Waals surface area (Å²) in [6.45, 7) is 1.93. The molecule has 6 nitrogen and oxygen atoms in total. The molecular formula is C21H26IN5O. The fraction of sp³-hybridized carbons (Fsp3) is 0.238. The Hall–Kier alpha value is -2.55. The van der Waals surface area contributed by atoms with Crippen LogP contribution in [0.1, 0.15) is 16.8 Å². The monoisotopic (exact) mass is 491 g/mol. The molecule has 0 amide bonds. The van der Waals surface area contributed by atoms with E-state index in [4.69, 9.17) is 4.74 Å². The average molecular weight is 491 g/mol. The van der Waals surface area contributed by atoms with Crippen molar-refractivity contribution in [3.63, 3.8) is 0 Å². The van der Waals surface area contributed by atoms with Crippen molar-refractivity contribution in [3.05, 3.63) is 83.7 Å². The molecule has 3 rings (SSSR count). The lowest BCUT2D eigenvalue weighted by atomic mass is 10.1. The molecule has 148 valence electrons. The molecule has 0 spiro atoms. The van der Waals surface area contributed by atoms with E-state index < -0.39 is 0 Å². The third kappa shape index (κ3) is 6.56. The Morgan fingerprint density at radius 2 is 1.64 bits per heavy atom. The Morgan fingerprint density at radius 1 is 0.964 bits per heavy atom. The van der Waals surface area contributed by atoms with Crippen LogP contribution in [0.5, 0.6) is 5.75 Å². The molecule has 0 atom stereocenters. The van der Waals surface area contributed by atoms with Crippen molar-refractivity contribution in [2.75, 3.05) is 7.05 Å². The van der Waals surface area contributed by atoms with Crippen molar-refractivity contribution in [3.8, 4) is 5.75 Å². The lowest BCUT2D eigenvalue weighted by molar-refractivity contribution is 0.306. The summed E-state index contributed by atoms with van der Waals surface area (Å²) >= 11 is 0. The maximum Gasteiger partial charge on any atom is 0.191 e. The molecule has 0 radical (unpaired) electrons. The van der Waals surface area contributed by atoms with Crippen LogP contribution in [-0.2, 0) is 26.7 Å². The van der Waals surface area contributed by atoms with Gasteiger partial charge in [-0.15, -0.1) is 24.0 Å². The highest BCUT2D eigenvalue weighted by Crippen LogP contribution is 2.12. The molecule has 0 bridgehead atoms. The van der Waals surface area contributed by atoms with E-state index in [1.807, 2.05) is 48.1 Å². The third-order valence-electron chi connectivity index (χ3n) is 4.21. The van der Waals surface area contributed by atoms with E-state index in [9.17, 15) is 0 Å². The molecule has 1 heterocycles. The van der Waals surface area contributed by atoms with E-state index in [-0.39, 0.29) is 24.0 Å². The minimum Gasteiger partial charge on any atom is -0.489 e. The highest BCUT2D eigenvalue weighted by Gasteiger charge is 2.02. The van der Waals surface area contributed by atoms with Crippen LogP contribution in [0.15, 0.2) is 71.9 Å². The van der Waals surface area contributed by atoms with Gasteiger partial charge in [0, 0.05) is 26.8 Å². The standard InChI is InChI=1S/C21H25N5O.HI/c1-22-21(24-15-19-12-13-25-26(19)2)23-14-17-8-10-18(11-9-17)16-27-20-6-4-3-5-7-20;/h3-13H,14-16H2,1-2H3,(H2,22,23,24);1H. The Balaban J connectivity index is 0.00000280. The fourth-order valence-corrected chi connectivity index (χ4v) is 2.59. The van der Waals surface area contributed by atoms with Crippen molar-refractivity contribution in [1.82, 2.24) is 20.4 Å². The first kappa shape index (κ1) is 21.7. The first-order valence-electron chi connectivity index (χ1n) is 8.91. The molecule has 2 N–H and O–H groups in total. The Labute approximate surface area is 183 Å². The Kier molecular flexibility index (Phi) is 8.80. The number of nitrogens with zero attached hydrogens (tertiary/aromatic N) is 3. The molecule has 0 aliphatic carbocycles. The molecule has 2 aromatic carbocycles. The van der Waals surface area contributed by atoms with E-state index >= 15 is 0 Å². The molecule has 0 aliphatic rings. The molecule has 0 unspecified atom stereocenters. The van der Waals surface area contributed by atoms with Crippen molar-refractivity contribution >= 4 is 29.9 Å². The van der Waals surface area contributed by atoms with Crippen molar-refractivity contribution < 1.29 is 4.74 Å². The number of hydrogen-bond donors (Lipinski definition) is 2. The van der Waals surface area contributed by atoms with Gasteiger partial charge in [0.1, 0.15) is 12.4 Å². The first-order chi connectivity index (χ1) is 13.2. The molecule has 0 saturated heterocycles. The topological polar surface area (TPSA) is 63.5 Å². The summed E-state index contributed by atoms with van der Waals surface area (Å²) < 4.78 is 7.62. The summed E-state index contributed by atoms with van der Waals surface area (Å²) in [5.74, 6) is 1.64. The van der Waals surface area contributed by atoms with Gasteiger partial charge in [-0.25, -0.2) is 0 Å². The van der Waals surface area contributed by atoms with E-state index in [0.29, 0.717) is 19.7 Å². The van der Waals surface area contributed by atoms with Crippen molar-refractivity contribution in [2.45, 2.75) is 19.7 Å². The maximum absolute atomic E-state index is 5.77. The van der Waals surface area contributed by atoms with Gasteiger partial charge in [-0.05, 0) is 29.3 Å². The third-order valence-corrected chi connectivity index (χ3v) is 4.21. The number of nitrogens with one attached hydrogen (secondary N) is 2. The van der Waals surface area contributed by atoms with Gasteiger partial charge in [0.25, 0.3) is 0 Å². The minimum atomic E-state index is 0. The quantitative estimate of drug-likeness (QED) is 0.302. The summed E-state index contributed by atoms with van der Waals surface area (Å²) in [5, 5.41) is 10.8. The van der Waals surface area contributed by atoms with Crippen LogP contribution in [0.3, 0.4) is 0 Å². The van der Waals surface area contributed by atoms with Crippen LogP contribution in [0.4, 0.5) is 0 Å². The number of ether oxygens (including phenoxy) is 1. The lowest BCUT2D eigenvalue weighted by Crippen LogP contribution is -2.36. The Morgan fingerprint density at radius 3 is 2.29 bits per heavy atom. The fourth-order valence-electron chi connectivity index (χ4n) is 2.59. The predicted octanol–water partition coefficient (Wildman–Crippen LogP) is 3.48. The number of guanidine groups is 1. The normalized spacial score (nSPS) is 10.9. The summed E-state index contributed by atoms with van der Waals surface area (Å²) in [7, 11) is 3.69. The molecule has 7 heteroatoms. The van der Waals surface area contributed by atoms with E-state index in [1.54, 1.807) is 13.2 Å². The van der Waals surface area contributed by atoms with Crippen LogP contribution < -0.4 is 15.4 Å². The molecule has 0 fully saturated rings. The van der Waals surface area contributed by atoms with Crippen LogP contribution in [-0.4, -0.2) is 22.8 Å². The van der Waals surface area contributed by atoms with Gasteiger partial charge in [0.05, 0.1) is 12.2 Å². The second-order valence-electron chi connectivity index (χ2n) is 6.14. The van der Waals surface area contributed by atoms with Gasteiger partial charge in [-0.1, -0.05) is 42.5 Å². The first-order valence-corrected chi connectivity index (χ1v) is 8.91. The molecule has 3 aromatic rings. The highest BCUT2D eigenvalue weighted by molar-refractivity contribution is 14.0. The average Bonchev–Trinajstić information content (AvgIpc) is 3.13. The van der Waals surface area contributed by atoms with Crippen molar-refractivity contribution in [1.29, 1.82) is 0 Å². The molecule has 0 aliphatic heterocycles. The van der Waals surface area contributed by atoms with Gasteiger partial charge in [-0.2, -0.15) is 5.10 Å². The maximum atomic E-state index is 5.77. The number of hydrogen-bond acceptors (Lipinski definition) is 3. The number of aryl methyl sites for hydroxylation is 1. The second kappa shape index (κ2) is 11.3.